The fourth-order valence-electron chi connectivity index (χ4n) is 2.48. The molecule has 0 spiro atoms. The summed E-state index contributed by atoms with van der Waals surface area (Å²) in [7, 11) is -3.40. The summed E-state index contributed by atoms with van der Waals surface area (Å²) in [4.78, 5) is 4.09. The van der Waals surface area contributed by atoms with Crippen molar-refractivity contribution in [3.8, 4) is 0 Å². The molecule has 1 aliphatic rings. The average Bonchev–Trinajstić information content (AvgIpc) is 2.99. The van der Waals surface area contributed by atoms with E-state index < -0.39 is 10.2 Å². The molecule has 6 nitrogen and oxygen atoms in total. The summed E-state index contributed by atoms with van der Waals surface area (Å²) in [5.41, 5.74) is 2.47. The lowest BCUT2D eigenvalue weighted by atomic mass is 10.00. The molecule has 120 valence electrons. The van der Waals surface area contributed by atoms with Gasteiger partial charge in [0.05, 0.1) is 17.7 Å². The number of piperidine rings is 1. The second kappa shape index (κ2) is 8.19. The predicted molar refractivity (Wildman–Crippen MR) is 85.3 cm³/mol. The number of aromatic nitrogens is 1. The van der Waals surface area contributed by atoms with Gasteiger partial charge in [-0.1, -0.05) is 6.92 Å². The summed E-state index contributed by atoms with van der Waals surface area (Å²) >= 11 is 1.47. The van der Waals surface area contributed by atoms with Crippen LogP contribution in [0.1, 0.15) is 31.9 Å². The Morgan fingerprint density at radius 1 is 1.52 bits per heavy atom. The van der Waals surface area contributed by atoms with E-state index in [1.165, 1.54) is 11.3 Å². The molecule has 2 rings (SSSR count). The summed E-state index contributed by atoms with van der Waals surface area (Å²) in [6.45, 7) is 5.49. The molecule has 0 bridgehead atoms. The van der Waals surface area contributed by atoms with Crippen molar-refractivity contribution in [1.82, 2.24) is 19.3 Å². The quantitative estimate of drug-likeness (QED) is 0.701. The number of nitrogens with zero attached hydrogens (tertiary/aromatic N) is 2. The molecule has 1 saturated heterocycles. The van der Waals surface area contributed by atoms with E-state index in [9.17, 15) is 8.42 Å². The highest BCUT2D eigenvalue weighted by Crippen LogP contribution is 2.18. The molecule has 0 amide bonds. The third-order valence-corrected chi connectivity index (χ3v) is 5.76. The van der Waals surface area contributed by atoms with Crippen LogP contribution in [0.15, 0.2) is 10.9 Å². The van der Waals surface area contributed by atoms with Crippen molar-refractivity contribution in [3.63, 3.8) is 0 Å². The van der Waals surface area contributed by atoms with Crippen LogP contribution in [0, 0.1) is 5.92 Å². The standard InChI is InChI=1S/C13H24N4O2S2/c1-2-5-14-7-12-4-3-6-17(9-12)21(18,19)16-8-13-10-20-11-15-13/h10-12,14,16H,2-9H2,1H3. The van der Waals surface area contributed by atoms with E-state index >= 15 is 0 Å². The highest BCUT2D eigenvalue weighted by atomic mass is 32.2. The van der Waals surface area contributed by atoms with Gasteiger partial charge in [0.25, 0.3) is 10.2 Å². The van der Waals surface area contributed by atoms with E-state index in [4.69, 9.17) is 0 Å². The maximum absolute atomic E-state index is 12.3. The number of rotatable bonds is 8. The molecule has 0 aliphatic carbocycles. The Balaban J connectivity index is 1.83. The van der Waals surface area contributed by atoms with E-state index in [-0.39, 0.29) is 6.54 Å². The van der Waals surface area contributed by atoms with E-state index in [0.29, 0.717) is 19.0 Å². The van der Waals surface area contributed by atoms with Crippen LogP contribution in [-0.4, -0.2) is 43.9 Å². The largest absolute Gasteiger partial charge is 0.316 e. The fraction of sp³-hybridized carbons (Fsp3) is 0.769. The monoisotopic (exact) mass is 332 g/mol. The molecular weight excluding hydrogens is 308 g/mol. The Morgan fingerprint density at radius 3 is 3.10 bits per heavy atom. The van der Waals surface area contributed by atoms with Gasteiger partial charge in [0.2, 0.25) is 0 Å². The smallest absolute Gasteiger partial charge is 0.279 e. The molecule has 1 aromatic heterocycles. The Hall–Kier alpha value is -0.540. The summed E-state index contributed by atoms with van der Waals surface area (Å²) in [5, 5.41) is 5.24. The Labute approximate surface area is 131 Å². The third-order valence-electron chi connectivity index (χ3n) is 3.60. The van der Waals surface area contributed by atoms with Gasteiger partial charge in [0, 0.05) is 18.5 Å². The predicted octanol–water partition coefficient (Wildman–Crippen LogP) is 1.19. The van der Waals surface area contributed by atoms with Crippen LogP contribution in [0.3, 0.4) is 0 Å². The van der Waals surface area contributed by atoms with Crippen molar-refractivity contribution in [1.29, 1.82) is 0 Å². The molecule has 2 N–H and O–H groups in total. The van der Waals surface area contributed by atoms with Gasteiger partial charge in [0.15, 0.2) is 0 Å². The fourth-order valence-corrected chi connectivity index (χ4v) is 4.32. The summed E-state index contributed by atoms with van der Waals surface area (Å²) in [5.74, 6) is 0.404. The minimum absolute atomic E-state index is 0.265. The van der Waals surface area contributed by atoms with Crippen LogP contribution in [0.25, 0.3) is 0 Å². The van der Waals surface area contributed by atoms with Gasteiger partial charge in [-0.15, -0.1) is 11.3 Å². The highest BCUT2D eigenvalue weighted by Gasteiger charge is 2.28. The van der Waals surface area contributed by atoms with Crippen LogP contribution < -0.4 is 10.0 Å². The number of hydrogen-bond acceptors (Lipinski definition) is 5. The second-order valence-electron chi connectivity index (χ2n) is 5.38. The van der Waals surface area contributed by atoms with Crippen LogP contribution in [-0.2, 0) is 16.8 Å². The first-order valence-electron chi connectivity index (χ1n) is 7.44. The van der Waals surface area contributed by atoms with Crippen molar-refractivity contribution in [3.05, 3.63) is 16.6 Å². The lowest BCUT2D eigenvalue weighted by Crippen LogP contribution is -2.47. The Bertz CT molecular complexity index is 504. The molecule has 1 aromatic rings. The van der Waals surface area contributed by atoms with Crippen molar-refractivity contribution in [2.45, 2.75) is 32.7 Å². The van der Waals surface area contributed by atoms with E-state index in [1.54, 1.807) is 9.82 Å². The summed E-state index contributed by atoms with van der Waals surface area (Å²) in [6.07, 6.45) is 3.12. The van der Waals surface area contributed by atoms with Crippen LogP contribution >= 0.6 is 11.3 Å². The van der Waals surface area contributed by atoms with E-state index in [1.807, 2.05) is 5.38 Å². The van der Waals surface area contributed by atoms with Crippen molar-refractivity contribution >= 4 is 21.5 Å². The van der Waals surface area contributed by atoms with E-state index in [2.05, 4.69) is 21.9 Å². The van der Waals surface area contributed by atoms with Gasteiger partial charge in [0.1, 0.15) is 0 Å². The van der Waals surface area contributed by atoms with E-state index in [0.717, 1.165) is 38.0 Å². The molecule has 1 aliphatic heterocycles. The van der Waals surface area contributed by atoms with Gasteiger partial charge >= 0.3 is 0 Å². The topological polar surface area (TPSA) is 74.3 Å². The molecule has 21 heavy (non-hydrogen) atoms. The van der Waals surface area contributed by atoms with Gasteiger partial charge in [-0.2, -0.15) is 17.4 Å². The zero-order valence-corrected chi connectivity index (χ0v) is 14.0. The first-order chi connectivity index (χ1) is 10.1. The molecule has 1 fully saturated rings. The van der Waals surface area contributed by atoms with Crippen molar-refractivity contribution < 1.29 is 8.42 Å². The molecule has 8 heteroatoms. The highest BCUT2D eigenvalue weighted by molar-refractivity contribution is 7.87. The van der Waals surface area contributed by atoms with Crippen LogP contribution in [0.4, 0.5) is 0 Å². The minimum atomic E-state index is -3.40. The zero-order chi connectivity index (χ0) is 15.1. The summed E-state index contributed by atoms with van der Waals surface area (Å²) < 4.78 is 28.9. The molecule has 0 radical (unpaired) electrons. The maximum Gasteiger partial charge on any atom is 0.279 e. The number of hydrogen-bond donors (Lipinski definition) is 2. The molecular formula is C13H24N4O2S2. The van der Waals surface area contributed by atoms with Gasteiger partial charge < -0.3 is 5.32 Å². The third kappa shape index (κ3) is 5.30. The van der Waals surface area contributed by atoms with Crippen molar-refractivity contribution in [2.24, 2.45) is 5.92 Å². The van der Waals surface area contributed by atoms with Crippen LogP contribution in [0.5, 0.6) is 0 Å². The molecule has 0 saturated carbocycles. The second-order valence-corrected chi connectivity index (χ2v) is 7.85. The Kier molecular flexibility index (Phi) is 6.56. The zero-order valence-electron chi connectivity index (χ0n) is 12.4. The first-order valence-corrected chi connectivity index (χ1v) is 9.82. The van der Waals surface area contributed by atoms with Gasteiger partial charge in [-0.25, -0.2) is 4.98 Å². The lowest BCUT2D eigenvalue weighted by Gasteiger charge is -2.32. The number of nitrogens with one attached hydrogen (secondary N) is 2. The average molecular weight is 332 g/mol. The minimum Gasteiger partial charge on any atom is -0.316 e. The SMILES string of the molecule is CCCNCC1CCCN(S(=O)(=O)NCc2cscn2)C1. The normalized spacial score (nSPS) is 20.7. The molecule has 2 heterocycles. The molecule has 1 unspecified atom stereocenters. The molecule has 0 aromatic carbocycles. The summed E-state index contributed by atoms with van der Waals surface area (Å²) in [6, 6.07) is 0. The Morgan fingerprint density at radius 2 is 2.38 bits per heavy atom. The van der Waals surface area contributed by atoms with Crippen LogP contribution in [0.2, 0.25) is 0 Å². The molecule has 1 atom stereocenters. The number of thiazole rings is 1. The first kappa shape index (κ1) is 16.8. The maximum atomic E-state index is 12.3. The van der Waals surface area contributed by atoms with Gasteiger partial charge in [-0.3, -0.25) is 0 Å². The lowest BCUT2D eigenvalue weighted by molar-refractivity contribution is 0.258. The van der Waals surface area contributed by atoms with Gasteiger partial charge in [-0.05, 0) is 38.3 Å². The van der Waals surface area contributed by atoms with Crippen molar-refractivity contribution in [2.75, 3.05) is 26.2 Å².